The van der Waals surface area contributed by atoms with Crippen molar-refractivity contribution in [1.29, 1.82) is 0 Å². The molecule has 5 nitrogen and oxygen atoms in total. The minimum absolute atomic E-state index is 0.0521. The number of hydrogen-bond acceptors (Lipinski definition) is 4. The summed E-state index contributed by atoms with van der Waals surface area (Å²) in [5.74, 6) is 0.408. The zero-order valence-electron chi connectivity index (χ0n) is 19.2. The van der Waals surface area contributed by atoms with E-state index in [1.54, 1.807) is 0 Å². The van der Waals surface area contributed by atoms with Crippen LogP contribution in [0.5, 0.6) is 5.75 Å². The maximum Gasteiger partial charge on any atom is 0.257 e. The van der Waals surface area contributed by atoms with Crippen molar-refractivity contribution in [2.45, 2.75) is 18.9 Å². The van der Waals surface area contributed by atoms with Gasteiger partial charge in [0.2, 0.25) is 0 Å². The van der Waals surface area contributed by atoms with E-state index in [1.807, 2.05) is 42.5 Å². The Hall–Kier alpha value is -4.16. The van der Waals surface area contributed by atoms with E-state index in [9.17, 15) is 9.00 Å². The van der Waals surface area contributed by atoms with E-state index in [2.05, 4.69) is 47.2 Å². The van der Waals surface area contributed by atoms with Gasteiger partial charge in [-0.05, 0) is 53.3 Å². The lowest BCUT2D eigenvalue weighted by molar-refractivity contribution is -0.114. The Morgan fingerprint density at radius 3 is 2.47 bits per heavy atom. The van der Waals surface area contributed by atoms with Crippen molar-refractivity contribution < 1.29 is 18.2 Å². The predicted molar refractivity (Wildman–Crippen MR) is 142 cm³/mol. The highest BCUT2D eigenvalue weighted by Gasteiger charge is 2.28. The van der Waals surface area contributed by atoms with Crippen molar-refractivity contribution in [3.05, 3.63) is 108 Å². The molecular formula is C30H21NO4S. The van der Waals surface area contributed by atoms with Crippen molar-refractivity contribution in [1.82, 2.24) is 4.72 Å². The summed E-state index contributed by atoms with van der Waals surface area (Å²) in [6, 6.07) is 28.3. The van der Waals surface area contributed by atoms with Crippen LogP contribution in [0.2, 0.25) is 0 Å². The summed E-state index contributed by atoms with van der Waals surface area (Å²) in [7, 11) is -1.51. The number of ether oxygens (including phenoxy) is 1. The van der Waals surface area contributed by atoms with Crippen molar-refractivity contribution in [2.24, 2.45) is 0 Å². The standard InChI is InChI=1S/C30H21NO4S/c32-29-17-28(36(33)31-29)18-11-13-19(14-12-18)34-27-16-15-21-20(6-3-7-22(21)27)24-8-4-9-25-23-5-1-2-10-26(23)35-30(24)25/h1-14,17,27H,15-16H2,(H,31,32)/t27-,36?/m1/s1. The first-order valence-corrected chi connectivity index (χ1v) is 13.0. The van der Waals surface area contributed by atoms with Crippen molar-refractivity contribution in [3.8, 4) is 16.9 Å². The number of rotatable bonds is 4. The van der Waals surface area contributed by atoms with Crippen LogP contribution < -0.4 is 9.46 Å². The van der Waals surface area contributed by atoms with Crippen molar-refractivity contribution >= 4 is 43.7 Å². The number of fused-ring (bicyclic) bond motifs is 4. The molecule has 6 heteroatoms. The van der Waals surface area contributed by atoms with Crippen LogP contribution in [-0.4, -0.2) is 10.1 Å². The molecule has 176 valence electrons. The molecule has 1 aliphatic carbocycles. The average molecular weight is 492 g/mol. The first-order chi connectivity index (χ1) is 17.7. The van der Waals surface area contributed by atoms with Gasteiger partial charge in [-0.1, -0.05) is 66.7 Å². The van der Waals surface area contributed by atoms with E-state index >= 15 is 0 Å². The summed E-state index contributed by atoms with van der Waals surface area (Å²) in [5, 5.41) is 2.26. The van der Waals surface area contributed by atoms with E-state index in [4.69, 9.17) is 9.15 Å². The van der Waals surface area contributed by atoms with Gasteiger partial charge >= 0.3 is 0 Å². The van der Waals surface area contributed by atoms with E-state index in [1.165, 1.54) is 22.8 Å². The molecule has 0 radical (unpaired) electrons. The molecule has 36 heavy (non-hydrogen) atoms. The highest BCUT2D eigenvalue weighted by Crippen LogP contribution is 2.43. The molecule has 1 N–H and O–H groups in total. The first kappa shape index (κ1) is 21.1. The number of nitrogens with one attached hydrogen (secondary N) is 1. The van der Waals surface area contributed by atoms with E-state index < -0.39 is 11.0 Å². The largest absolute Gasteiger partial charge is 0.486 e. The van der Waals surface area contributed by atoms with Crippen molar-refractivity contribution in [2.75, 3.05) is 0 Å². The fourth-order valence-electron chi connectivity index (χ4n) is 5.35. The Balaban J connectivity index is 1.21. The Morgan fingerprint density at radius 2 is 1.64 bits per heavy atom. The van der Waals surface area contributed by atoms with Gasteiger partial charge in [-0.3, -0.25) is 9.52 Å². The number of para-hydroxylation sites is 2. The summed E-state index contributed by atoms with van der Waals surface area (Å²) in [5.41, 5.74) is 7.33. The molecule has 2 aliphatic rings. The van der Waals surface area contributed by atoms with Gasteiger partial charge in [-0.2, -0.15) is 0 Å². The molecule has 1 aromatic heterocycles. The highest BCUT2D eigenvalue weighted by atomic mass is 32.2. The molecule has 5 aromatic rings. The predicted octanol–water partition coefficient (Wildman–Crippen LogP) is 6.45. The molecule has 1 unspecified atom stereocenters. The van der Waals surface area contributed by atoms with Gasteiger partial charge < -0.3 is 9.15 Å². The Labute approximate surface area is 210 Å². The summed E-state index contributed by atoms with van der Waals surface area (Å²) in [6.45, 7) is 0. The molecule has 0 saturated heterocycles. The second-order valence-electron chi connectivity index (χ2n) is 9.07. The van der Waals surface area contributed by atoms with Gasteiger partial charge in [0.05, 0.1) is 4.91 Å². The number of carbonyl (C=O) groups is 1. The summed E-state index contributed by atoms with van der Waals surface area (Å²) in [6.07, 6.45) is 3.13. The highest BCUT2D eigenvalue weighted by molar-refractivity contribution is 7.93. The maximum atomic E-state index is 12.0. The lowest BCUT2D eigenvalue weighted by Crippen LogP contribution is -2.16. The summed E-state index contributed by atoms with van der Waals surface area (Å²) in [4.78, 5) is 12.0. The summed E-state index contributed by atoms with van der Waals surface area (Å²) < 4.78 is 27.1. The third-order valence-corrected chi connectivity index (χ3v) is 8.12. The van der Waals surface area contributed by atoms with Crippen molar-refractivity contribution in [3.63, 3.8) is 0 Å². The average Bonchev–Trinajstić information content (AvgIpc) is 3.59. The van der Waals surface area contributed by atoms with E-state index in [-0.39, 0.29) is 12.0 Å². The fourth-order valence-corrected chi connectivity index (χ4v) is 6.27. The second-order valence-corrected chi connectivity index (χ2v) is 10.2. The van der Waals surface area contributed by atoms with Gasteiger partial charge in [0.1, 0.15) is 23.0 Å². The number of amides is 1. The van der Waals surface area contributed by atoms with Crippen LogP contribution in [0.1, 0.15) is 29.2 Å². The Kier molecular flexibility index (Phi) is 4.82. The SMILES string of the molecule is O=C1C=C(c2ccc(O[C@@H]3CCc4c(-c5cccc6c5oc5ccccc56)cccc43)cc2)S(=O)N1. The third kappa shape index (κ3) is 3.37. The zero-order chi connectivity index (χ0) is 24.2. The van der Waals surface area contributed by atoms with Gasteiger partial charge in [0.15, 0.2) is 11.0 Å². The molecule has 1 amide bonds. The van der Waals surface area contributed by atoms with Crippen LogP contribution >= 0.6 is 0 Å². The number of carbonyl (C=O) groups excluding carboxylic acids is 1. The molecule has 2 heterocycles. The van der Waals surface area contributed by atoms with Crippen LogP contribution in [0.15, 0.2) is 95.4 Å². The van der Waals surface area contributed by atoms with Crippen LogP contribution in [0, 0.1) is 0 Å². The van der Waals surface area contributed by atoms with Gasteiger partial charge in [0.25, 0.3) is 5.91 Å². The molecular weight excluding hydrogens is 470 g/mol. The third-order valence-electron chi connectivity index (χ3n) is 6.98. The lowest BCUT2D eigenvalue weighted by atomic mass is 9.95. The van der Waals surface area contributed by atoms with E-state index in [0.717, 1.165) is 51.7 Å². The molecule has 0 fully saturated rings. The quantitative estimate of drug-likeness (QED) is 0.314. The minimum atomic E-state index is -1.51. The Morgan fingerprint density at radius 1 is 0.861 bits per heavy atom. The van der Waals surface area contributed by atoms with Gasteiger partial charge in [-0.15, -0.1) is 0 Å². The molecule has 0 saturated carbocycles. The normalized spacial score (nSPS) is 18.9. The number of furan rings is 1. The first-order valence-electron chi connectivity index (χ1n) is 11.9. The fraction of sp³-hybridized carbons (Fsp3) is 0.100. The van der Waals surface area contributed by atoms with Gasteiger partial charge in [-0.25, -0.2) is 4.21 Å². The van der Waals surface area contributed by atoms with Gasteiger partial charge in [0, 0.05) is 22.4 Å². The van der Waals surface area contributed by atoms with Crippen LogP contribution in [0.4, 0.5) is 0 Å². The molecule has 4 aromatic carbocycles. The van der Waals surface area contributed by atoms with Crippen LogP contribution in [0.25, 0.3) is 38.0 Å². The summed E-state index contributed by atoms with van der Waals surface area (Å²) >= 11 is 0. The molecule has 2 atom stereocenters. The number of hydrogen-bond donors (Lipinski definition) is 1. The van der Waals surface area contributed by atoms with Crippen LogP contribution in [0.3, 0.4) is 0 Å². The number of benzene rings is 4. The van der Waals surface area contributed by atoms with Crippen LogP contribution in [-0.2, 0) is 22.2 Å². The molecule has 0 spiro atoms. The molecule has 1 aliphatic heterocycles. The maximum absolute atomic E-state index is 12.0. The molecule has 7 rings (SSSR count). The Bertz CT molecular complexity index is 1730. The smallest absolute Gasteiger partial charge is 0.257 e. The lowest BCUT2D eigenvalue weighted by Gasteiger charge is -2.16. The molecule has 0 bridgehead atoms. The second kappa shape index (κ2) is 8.21. The monoisotopic (exact) mass is 491 g/mol. The minimum Gasteiger partial charge on any atom is -0.486 e. The zero-order valence-corrected chi connectivity index (χ0v) is 20.0. The van der Waals surface area contributed by atoms with E-state index in [0.29, 0.717) is 4.91 Å². The topological polar surface area (TPSA) is 68.5 Å².